The summed E-state index contributed by atoms with van der Waals surface area (Å²) in [5.74, 6) is 0.119. The Hall–Kier alpha value is -0.540. The van der Waals surface area contributed by atoms with Crippen LogP contribution in [0.2, 0.25) is 0 Å². The van der Waals surface area contributed by atoms with Crippen molar-refractivity contribution >= 4 is 33.4 Å². The third-order valence-electron chi connectivity index (χ3n) is 3.44. The highest BCUT2D eigenvalue weighted by molar-refractivity contribution is 9.10. The zero-order valence-corrected chi connectivity index (χ0v) is 12.6. The zero-order valence-electron chi connectivity index (χ0n) is 10.2. The molecular formula is C14H17BrClNO. The molecule has 4 heteroatoms. The molecule has 1 fully saturated rings. The van der Waals surface area contributed by atoms with E-state index >= 15 is 0 Å². The van der Waals surface area contributed by atoms with Gasteiger partial charge in [0.25, 0.3) is 0 Å². The van der Waals surface area contributed by atoms with Crippen LogP contribution in [0.5, 0.6) is 0 Å². The van der Waals surface area contributed by atoms with Gasteiger partial charge in [0.1, 0.15) is 5.88 Å². The van der Waals surface area contributed by atoms with E-state index in [0.717, 1.165) is 22.9 Å². The van der Waals surface area contributed by atoms with Crippen molar-refractivity contribution in [2.45, 2.75) is 38.3 Å². The molecule has 0 heterocycles. The Morgan fingerprint density at radius 3 is 2.72 bits per heavy atom. The van der Waals surface area contributed by atoms with Gasteiger partial charge in [-0.25, -0.2) is 0 Å². The van der Waals surface area contributed by atoms with Crippen LogP contribution < -0.4 is 0 Å². The summed E-state index contributed by atoms with van der Waals surface area (Å²) in [5, 5.41) is 0. The lowest BCUT2D eigenvalue weighted by Gasteiger charge is -2.28. The van der Waals surface area contributed by atoms with Crippen molar-refractivity contribution in [1.29, 1.82) is 0 Å². The molecule has 1 aromatic rings. The summed E-state index contributed by atoms with van der Waals surface area (Å²) in [6.07, 6.45) is 4.65. The molecule has 1 aliphatic carbocycles. The average Bonchev–Trinajstić information content (AvgIpc) is 2.89. The number of carbonyl (C=O) groups is 1. The molecule has 18 heavy (non-hydrogen) atoms. The molecule has 1 amide bonds. The van der Waals surface area contributed by atoms with Crippen molar-refractivity contribution in [2.24, 2.45) is 0 Å². The van der Waals surface area contributed by atoms with Gasteiger partial charge in [-0.1, -0.05) is 40.9 Å². The van der Waals surface area contributed by atoms with Crippen LogP contribution in [0.4, 0.5) is 0 Å². The molecule has 2 nitrogen and oxygen atoms in total. The van der Waals surface area contributed by atoms with Gasteiger partial charge in [-0.3, -0.25) is 4.79 Å². The van der Waals surface area contributed by atoms with Crippen molar-refractivity contribution in [3.63, 3.8) is 0 Å². The first kappa shape index (κ1) is 13.9. The van der Waals surface area contributed by atoms with Crippen LogP contribution in [0.15, 0.2) is 28.7 Å². The van der Waals surface area contributed by atoms with E-state index in [1.807, 2.05) is 23.1 Å². The highest BCUT2D eigenvalue weighted by atomic mass is 79.9. The number of rotatable bonds is 4. The molecule has 98 valence electrons. The molecule has 0 spiro atoms. The fourth-order valence-corrected chi connectivity index (χ4v) is 3.15. The third kappa shape index (κ3) is 3.48. The smallest absolute Gasteiger partial charge is 0.238 e. The van der Waals surface area contributed by atoms with Crippen LogP contribution in [-0.2, 0) is 11.3 Å². The molecule has 0 saturated heterocycles. The Bertz CT molecular complexity index is 418. The van der Waals surface area contributed by atoms with E-state index in [4.69, 9.17) is 11.6 Å². The highest BCUT2D eigenvalue weighted by Gasteiger charge is 2.26. The van der Waals surface area contributed by atoms with Gasteiger partial charge in [-0.2, -0.15) is 0 Å². The Kier molecular flexibility index (Phi) is 5.07. The van der Waals surface area contributed by atoms with E-state index in [1.54, 1.807) is 0 Å². The molecule has 0 N–H and O–H groups in total. The van der Waals surface area contributed by atoms with Gasteiger partial charge < -0.3 is 4.90 Å². The lowest BCUT2D eigenvalue weighted by Crippen LogP contribution is -2.39. The second-order valence-corrected chi connectivity index (χ2v) is 5.91. The van der Waals surface area contributed by atoms with E-state index in [1.165, 1.54) is 12.8 Å². The van der Waals surface area contributed by atoms with Gasteiger partial charge in [-0.15, -0.1) is 11.6 Å². The van der Waals surface area contributed by atoms with E-state index in [0.29, 0.717) is 12.6 Å². The molecule has 1 aromatic carbocycles. The standard InChI is InChI=1S/C14H17BrClNO/c15-12-5-3-4-11(8-12)10-17(14(18)9-16)13-6-1-2-7-13/h3-5,8,13H,1-2,6-7,9-10H2. The van der Waals surface area contributed by atoms with Gasteiger partial charge in [0.15, 0.2) is 0 Å². The molecule has 0 aliphatic heterocycles. The van der Waals surface area contributed by atoms with E-state index in [-0.39, 0.29) is 11.8 Å². The molecular weight excluding hydrogens is 314 g/mol. The second-order valence-electron chi connectivity index (χ2n) is 4.72. The van der Waals surface area contributed by atoms with Crippen molar-refractivity contribution in [3.05, 3.63) is 34.3 Å². The first-order chi connectivity index (χ1) is 8.70. The van der Waals surface area contributed by atoms with Crippen molar-refractivity contribution in [1.82, 2.24) is 4.90 Å². The van der Waals surface area contributed by atoms with E-state index < -0.39 is 0 Å². The maximum atomic E-state index is 12.0. The Balaban J connectivity index is 2.11. The highest BCUT2D eigenvalue weighted by Crippen LogP contribution is 2.25. The summed E-state index contributed by atoms with van der Waals surface area (Å²) in [4.78, 5) is 13.9. The van der Waals surface area contributed by atoms with E-state index in [2.05, 4.69) is 22.0 Å². The predicted octanol–water partition coefficient (Wildman–Crippen LogP) is 3.96. The van der Waals surface area contributed by atoms with Gasteiger partial charge in [0.2, 0.25) is 5.91 Å². The van der Waals surface area contributed by atoms with Gasteiger partial charge >= 0.3 is 0 Å². The van der Waals surface area contributed by atoms with Gasteiger partial charge in [0.05, 0.1) is 0 Å². The SMILES string of the molecule is O=C(CCl)N(Cc1cccc(Br)c1)C1CCCC1. The van der Waals surface area contributed by atoms with Crippen molar-refractivity contribution < 1.29 is 4.79 Å². The molecule has 0 aromatic heterocycles. The Labute approximate surface area is 121 Å². The summed E-state index contributed by atoms with van der Waals surface area (Å²) in [6.45, 7) is 0.662. The van der Waals surface area contributed by atoms with Crippen LogP contribution in [0, 0.1) is 0 Å². The summed E-state index contributed by atoms with van der Waals surface area (Å²) in [7, 11) is 0. The topological polar surface area (TPSA) is 20.3 Å². The summed E-state index contributed by atoms with van der Waals surface area (Å²) in [5.41, 5.74) is 1.15. The minimum absolute atomic E-state index is 0.0449. The molecule has 1 aliphatic rings. The number of halogens is 2. The normalized spacial score (nSPS) is 15.9. The van der Waals surface area contributed by atoms with Crippen LogP contribution in [0.1, 0.15) is 31.2 Å². The van der Waals surface area contributed by atoms with Gasteiger partial charge in [0, 0.05) is 17.1 Å². The number of benzene rings is 1. The van der Waals surface area contributed by atoms with Crippen molar-refractivity contribution in [3.8, 4) is 0 Å². The zero-order chi connectivity index (χ0) is 13.0. The largest absolute Gasteiger partial charge is 0.334 e. The second kappa shape index (κ2) is 6.58. The molecule has 0 bridgehead atoms. The van der Waals surface area contributed by atoms with Crippen LogP contribution >= 0.6 is 27.5 Å². The number of hydrogen-bond donors (Lipinski definition) is 0. The number of alkyl halides is 1. The summed E-state index contributed by atoms with van der Waals surface area (Å²) in [6, 6.07) is 8.47. The minimum Gasteiger partial charge on any atom is -0.334 e. The Morgan fingerprint density at radius 2 is 2.11 bits per heavy atom. The fraction of sp³-hybridized carbons (Fsp3) is 0.500. The summed E-state index contributed by atoms with van der Waals surface area (Å²) >= 11 is 9.18. The quantitative estimate of drug-likeness (QED) is 0.765. The van der Waals surface area contributed by atoms with Crippen LogP contribution in [0.3, 0.4) is 0 Å². The van der Waals surface area contributed by atoms with E-state index in [9.17, 15) is 4.79 Å². The molecule has 0 unspecified atom stereocenters. The molecule has 0 radical (unpaired) electrons. The van der Waals surface area contributed by atoms with Gasteiger partial charge in [-0.05, 0) is 30.5 Å². The number of hydrogen-bond acceptors (Lipinski definition) is 1. The molecule has 2 rings (SSSR count). The summed E-state index contributed by atoms with van der Waals surface area (Å²) < 4.78 is 1.05. The number of amides is 1. The Morgan fingerprint density at radius 1 is 1.39 bits per heavy atom. The maximum absolute atomic E-state index is 12.0. The number of nitrogens with zero attached hydrogens (tertiary/aromatic N) is 1. The lowest BCUT2D eigenvalue weighted by atomic mass is 10.1. The fourth-order valence-electron chi connectivity index (χ4n) is 2.55. The predicted molar refractivity (Wildman–Crippen MR) is 77.7 cm³/mol. The monoisotopic (exact) mass is 329 g/mol. The molecule has 1 saturated carbocycles. The maximum Gasteiger partial charge on any atom is 0.238 e. The average molecular weight is 331 g/mol. The lowest BCUT2D eigenvalue weighted by molar-refractivity contribution is -0.131. The van der Waals surface area contributed by atoms with Crippen molar-refractivity contribution in [2.75, 3.05) is 5.88 Å². The first-order valence-electron chi connectivity index (χ1n) is 6.30. The minimum atomic E-state index is 0.0449. The third-order valence-corrected chi connectivity index (χ3v) is 4.16. The number of carbonyl (C=O) groups excluding carboxylic acids is 1. The molecule has 0 atom stereocenters. The first-order valence-corrected chi connectivity index (χ1v) is 7.63. The van der Waals surface area contributed by atoms with Crippen LogP contribution in [0.25, 0.3) is 0 Å². The van der Waals surface area contributed by atoms with Crippen LogP contribution in [-0.4, -0.2) is 22.7 Å².